The van der Waals surface area contributed by atoms with Crippen molar-refractivity contribution in [2.45, 2.75) is 26.3 Å². The van der Waals surface area contributed by atoms with Crippen LogP contribution < -0.4 is 11.5 Å². The van der Waals surface area contributed by atoms with Crippen molar-refractivity contribution in [3.8, 4) is 11.3 Å². The highest BCUT2D eigenvalue weighted by Crippen LogP contribution is 2.38. The van der Waals surface area contributed by atoms with Gasteiger partial charge in [-0.25, -0.2) is 4.79 Å². The molecular formula is C16H18N4O3. The van der Waals surface area contributed by atoms with E-state index in [1.807, 2.05) is 6.20 Å². The Morgan fingerprint density at radius 3 is 3.00 bits per heavy atom. The molecular weight excluding hydrogens is 296 g/mol. The minimum Gasteiger partial charge on any atom is -0.475 e. The van der Waals surface area contributed by atoms with Gasteiger partial charge in [0.15, 0.2) is 0 Å². The zero-order chi connectivity index (χ0) is 16.6. The molecule has 0 saturated carbocycles. The van der Waals surface area contributed by atoms with E-state index in [0.29, 0.717) is 30.0 Å². The molecule has 7 heteroatoms. The number of nitrogens with zero attached hydrogens (tertiary/aromatic N) is 2. The van der Waals surface area contributed by atoms with Crippen molar-refractivity contribution in [3.63, 3.8) is 0 Å². The fraction of sp³-hybridized carbons (Fsp3) is 0.250. The third-order valence-corrected chi connectivity index (χ3v) is 3.88. The summed E-state index contributed by atoms with van der Waals surface area (Å²) in [6.07, 6.45) is 8.17. The highest BCUT2D eigenvalue weighted by Gasteiger charge is 2.29. The van der Waals surface area contributed by atoms with Crippen molar-refractivity contribution < 1.29 is 14.3 Å². The predicted molar refractivity (Wildman–Crippen MR) is 84.6 cm³/mol. The number of furan rings is 1. The van der Waals surface area contributed by atoms with Crippen molar-refractivity contribution in [2.24, 2.45) is 11.5 Å². The summed E-state index contributed by atoms with van der Waals surface area (Å²) in [6.45, 7) is 2.19. The van der Waals surface area contributed by atoms with E-state index in [4.69, 9.17) is 15.9 Å². The summed E-state index contributed by atoms with van der Waals surface area (Å²) in [5.41, 5.74) is 15.1. The van der Waals surface area contributed by atoms with Crippen molar-refractivity contribution in [1.82, 2.24) is 9.78 Å². The first kappa shape index (κ1) is 15.0. The van der Waals surface area contributed by atoms with Crippen LogP contribution in [-0.4, -0.2) is 20.9 Å². The summed E-state index contributed by atoms with van der Waals surface area (Å²) in [7, 11) is 0. The summed E-state index contributed by atoms with van der Waals surface area (Å²) in [5, 5.41) is 13.8. The van der Waals surface area contributed by atoms with Crippen LogP contribution in [0, 0.1) is 6.92 Å². The molecule has 2 aromatic rings. The van der Waals surface area contributed by atoms with E-state index in [-0.39, 0.29) is 5.76 Å². The predicted octanol–water partition coefficient (Wildman–Crippen LogP) is 1.56. The standard InChI is InChI=1S/C16H18N4O3/c1-9-13-12(23-15(9)16(21)22)5-4-10-7-20(19-14(10)13)8-11(18)3-2-6-17/h2-3,6-7H,4-5,8,17-18H2,1H3,(H,21,22)/b6-2-,11-3-. The molecule has 1 aliphatic carbocycles. The third kappa shape index (κ3) is 2.61. The second-order valence-electron chi connectivity index (χ2n) is 5.49. The highest BCUT2D eigenvalue weighted by molar-refractivity contribution is 5.90. The van der Waals surface area contributed by atoms with Crippen LogP contribution in [0.5, 0.6) is 0 Å². The summed E-state index contributed by atoms with van der Waals surface area (Å²) in [6, 6.07) is 0. The van der Waals surface area contributed by atoms with E-state index in [1.165, 1.54) is 6.20 Å². The van der Waals surface area contributed by atoms with Crippen LogP contribution in [0.3, 0.4) is 0 Å². The van der Waals surface area contributed by atoms with Gasteiger partial charge in [-0.3, -0.25) is 4.68 Å². The molecule has 2 aromatic heterocycles. The maximum atomic E-state index is 11.2. The number of aromatic nitrogens is 2. The lowest BCUT2D eigenvalue weighted by atomic mass is 9.94. The molecule has 0 aliphatic heterocycles. The molecule has 5 N–H and O–H groups in total. The minimum atomic E-state index is -1.06. The van der Waals surface area contributed by atoms with Gasteiger partial charge in [-0.05, 0) is 37.3 Å². The number of hydrogen-bond donors (Lipinski definition) is 3. The molecule has 3 rings (SSSR count). The molecule has 0 radical (unpaired) electrons. The monoisotopic (exact) mass is 314 g/mol. The van der Waals surface area contributed by atoms with Crippen LogP contribution in [0.1, 0.15) is 27.4 Å². The molecule has 0 bridgehead atoms. The number of nitrogens with two attached hydrogens (primary N) is 2. The normalized spacial score (nSPS) is 14.0. The van der Waals surface area contributed by atoms with E-state index in [1.54, 1.807) is 23.8 Å². The number of carbonyl (C=O) groups is 1. The topological polar surface area (TPSA) is 120 Å². The Labute approximate surface area is 132 Å². The van der Waals surface area contributed by atoms with Gasteiger partial charge in [-0.15, -0.1) is 0 Å². The average molecular weight is 314 g/mol. The van der Waals surface area contributed by atoms with Gasteiger partial charge in [0, 0.05) is 29.4 Å². The Morgan fingerprint density at radius 1 is 1.52 bits per heavy atom. The number of carboxylic acid groups (broad SMARTS) is 1. The van der Waals surface area contributed by atoms with Crippen LogP contribution in [0.2, 0.25) is 0 Å². The number of aryl methyl sites for hydroxylation is 2. The fourth-order valence-corrected chi connectivity index (χ4v) is 2.87. The maximum Gasteiger partial charge on any atom is 0.372 e. The van der Waals surface area contributed by atoms with Gasteiger partial charge in [-0.2, -0.15) is 5.10 Å². The molecule has 0 spiro atoms. The summed E-state index contributed by atoms with van der Waals surface area (Å²) >= 11 is 0. The zero-order valence-corrected chi connectivity index (χ0v) is 12.7. The lowest BCUT2D eigenvalue weighted by Crippen LogP contribution is -2.08. The first-order valence-electron chi connectivity index (χ1n) is 7.26. The van der Waals surface area contributed by atoms with Crippen molar-refractivity contribution in [3.05, 3.63) is 52.9 Å². The number of fused-ring (bicyclic) bond motifs is 3. The van der Waals surface area contributed by atoms with Gasteiger partial charge in [-0.1, -0.05) is 0 Å². The van der Waals surface area contributed by atoms with Gasteiger partial charge in [0.2, 0.25) is 5.76 Å². The smallest absolute Gasteiger partial charge is 0.372 e. The maximum absolute atomic E-state index is 11.2. The lowest BCUT2D eigenvalue weighted by molar-refractivity contribution is 0.0659. The largest absolute Gasteiger partial charge is 0.475 e. The van der Waals surface area contributed by atoms with Gasteiger partial charge >= 0.3 is 5.97 Å². The average Bonchev–Trinajstić information content (AvgIpc) is 3.05. The van der Waals surface area contributed by atoms with Gasteiger partial charge in [0.05, 0.1) is 12.2 Å². The van der Waals surface area contributed by atoms with Crippen molar-refractivity contribution in [2.75, 3.05) is 0 Å². The van der Waals surface area contributed by atoms with Crippen molar-refractivity contribution in [1.29, 1.82) is 0 Å². The quantitative estimate of drug-likeness (QED) is 0.737. The molecule has 1 aliphatic rings. The minimum absolute atomic E-state index is 0.00936. The molecule has 0 unspecified atom stereocenters. The zero-order valence-electron chi connectivity index (χ0n) is 12.7. The molecule has 0 fully saturated rings. The Kier molecular flexibility index (Phi) is 3.69. The Hall–Kier alpha value is -2.96. The first-order chi connectivity index (χ1) is 11.0. The molecule has 0 amide bonds. The van der Waals surface area contributed by atoms with Crippen LogP contribution in [0.15, 0.2) is 34.7 Å². The second kappa shape index (κ2) is 5.68. The van der Waals surface area contributed by atoms with Crippen LogP contribution >= 0.6 is 0 Å². The van der Waals surface area contributed by atoms with Gasteiger partial charge in [0.25, 0.3) is 0 Å². The molecule has 0 saturated heterocycles. The molecule has 23 heavy (non-hydrogen) atoms. The molecule has 0 aromatic carbocycles. The first-order valence-corrected chi connectivity index (χ1v) is 7.26. The van der Waals surface area contributed by atoms with E-state index in [9.17, 15) is 9.90 Å². The second-order valence-corrected chi connectivity index (χ2v) is 5.49. The van der Waals surface area contributed by atoms with Crippen molar-refractivity contribution >= 4 is 5.97 Å². The number of rotatable bonds is 4. The molecule has 0 atom stereocenters. The fourth-order valence-electron chi connectivity index (χ4n) is 2.87. The highest BCUT2D eigenvalue weighted by atomic mass is 16.4. The Morgan fingerprint density at radius 2 is 2.30 bits per heavy atom. The lowest BCUT2D eigenvalue weighted by Gasteiger charge is -2.09. The van der Waals surface area contributed by atoms with E-state index >= 15 is 0 Å². The number of allylic oxidation sites excluding steroid dienone is 3. The Bertz CT molecular complexity index is 827. The van der Waals surface area contributed by atoms with Gasteiger partial charge in [0.1, 0.15) is 5.76 Å². The number of hydrogen-bond acceptors (Lipinski definition) is 5. The van der Waals surface area contributed by atoms with Crippen LogP contribution in [0.4, 0.5) is 0 Å². The summed E-state index contributed by atoms with van der Waals surface area (Å²) in [5.74, 6) is -0.379. The molecule has 120 valence electrons. The molecule has 7 nitrogen and oxygen atoms in total. The number of carboxylic acids is 1. The number of aromatic carboxylic acids is 1. The Balaban J connectivity index is 1.98. The summed E-state index contributed by atoms with van der Waals surface area (Å²) in [4.78, 5) is 11.2. The van der Waals surface area contributed by atoms with E-state index < -0.39 is 5.97 Å². The van der Waals surface area contributed by atoms with Crippen LogP contribution in [-0.2, 0) is 19.4 Å². The van der Waals surface area contributed by atoms with Gasteiger partial charge < -0.3 is 21.0 Å². The van der Waals surface area contributed by atoms with E-state index in [2.05, 4.69) is 5.10 Å². The SMILES string of the molecule is Cc1c(C(=O)O)oc2c1-c1nn(C/C(N)=C/C=C\N)cc1CC2. The molecule has 2 heterocycles. The van der Waals surface area contributed by atoms with Crippen LogP contribution in [0.25, 0.3) is 11.3 Å². The summed E-state index contributed by atoms with van der Waals surface area (Å²) < 4.78 is 7.24. The third-order valence-electron chi connectivity index (χ3n) is 3.88. The van der Waals surface area contributed by atoms with E-state index in [0.717, 1.165) is 23.2 Å².